The largest absolute Gasteiger partial charge is 0.316 e. The van der Waals surface area contributed by atoms with Crippen molar-refractivity contribution >= 4 is 0 Å². The summed E-state index contributed by atoms with van der Waals surface area (Å²) in [7, 11) is 0. The van der Waals surface area contributed by atoms with Gasteiger partial charge < -0.3 is 9.88 Å². The standard InChI is InChI=1S/C12H20N4/c1-9-7-13-8-10(9)12-15-14-11-5-3-2-4-6-16(11)12/h9-10,13H,2-8H2,1H3/t9-,10-/m1/s1. The molecule has 16 heavy (non-hydrogen) atoms. The van der Waals surface area contributed by atoms with Crippen molar-refractivity contribution in [2.75, 3.05) is 13.1 Å². The molecule has 1 fully saturated rings. The summed E-state index contributed by atoms with van der Waals surface area (Å²) in [6.45, 7) is 5.62. The first kappa shape index (κ1) is 10.3. The van der Waals surface area contributed by atoms with Crippen molar-refractivity contribution in [2.24, 2.45) is 5.92 Å². The highest BCUT2D eigenvalue weighted by Crippen LogP contribution is 2.28. The molecular weight excluding hydrogens is 200 g/mol. The van der Waals surface area contributed by atoms with Crippen LogP contribution in [0.15, 0.2) is 0 Å². The molecule has 1 aromatic rings. The zero-order chi connectivity index (χ0) is 11.0. The summed E-state index contributed by atoms with van der Waals surface area (Å²) >= 11 is 0. The monoisotopic (exact) mass is 220 g/mol. The predicted molar refractivity (Wildman–Crippen MR) is 62.4 cm³/mol. The third-order valence-corrected chi connectivity index (χ3v) is 3.99. The number of hydrogen-bond donors (Lipinski definition) is 1. The van der Waals surface area contributed by atoms with Crippen LogP contribution in [-0.4, -0.2) is 27.9 Å². The first-order chi connectivity index (χ1) is 7.86. The van der Waals surface area contributed by atoms with Gasteiger partial charge in [0.25, 0.3) is 0 Å². The number of aromatic nitrogens is 3. The predicted octanol–water partition coefficient (Wildman–Crippen LogP) is 1.33. The van der Waals surface area contributed by atoms with Gasteiger partial charge >= 0.3 is 0 Å². The first-order valence-electron chi connectivity index (χ1n) is 6.49. The summed E-state index contributed by atoms with van der Waals surface area (Å²) in [5.41, 5.74) is 0. The van der Waals surface area contributed by atoms with Crippen molar-refractivity contribution in [3.05, 3.63) is 11.6 Å². The summed E-state index contributed by atoms with van der Waals surface area (Å²) < 4.78 is 2.39. The number of nitrogens with zero attached hydrogens (tertiary/aromatic N) is 3. The Hall–Kier alpha value is -0.900. The van der Waals surface area contributed by atoms with Crippen LogP contribution in [0.25, 0.3) is 0 Å². The zero-order valence-electron chi connectivity index (χ0n) is 9.95. The molecule has 0 radical (unpaired) electrons. The zero-order valence-corrected chi connectivity index (χ0v) is 9.95. The second-order valence-corrected chi connectivity index (χ2v) is 5.18. The number of fused-ring (bicyclic) bond motifs is 1. The van der Waals surface area contributed by atoms with E-state index in [0.717, 1.165) is 26.1 Å². The lowest BCUT2D eigenvalue weighted by Gasteiger charge is -2.15. The highest BCUT2D eigenvalue weighted by Gasteiger charge is 2.30. The van der Waals surface area contributed by atoms with E-state index in [1.807, 2.05) is 0 Å². The minimum absolute atomic E-state index is 0.569. The third kappa shape index (κ3) is 1.65. The van der Waals surface area contributed by atoms with E-state index in [4.69, 9.17) is 0 Å². The lowest BCUT2D eigenvalue weighted by Crippen LogP contribution is -2.15. The van der Waals surface area contributed by atoms with Crippen molar-refractivity contribution in [1.29, 1.82) is 0 Å². The molecule has 0 saturated carbocycles. The molecule has 0 aromatic carbocycles. The number of rotatable bonds is 1. The normalized spacial score (nSPS) is 30.1. The number of nitrogens with one attached hydrogen (secondary N) is 1. The Bertz CT molecular complexity index is 371. The molecule has 4 nitrogen and oxygen atoms in total. The molecule has 0 bridgehead atoms. The molecule has 1 saturated heterocycles. The molecule has 0 amide bonds. The Balaban J connectivity index is 1.92. The number of hydrogen-bond acceptors (Lipinski definition) is 3. The van der Waals surface area contributed by atoms with Crippen LogP contribution in [0, 0.1) is 5.92 Å². The van der Waals surface area contributed by atoms with Crippen LogP contribution in [0.2, 0.25) is 0 Å². The summed E-state index contributed by atoms with van der Waals surface area (Å²) in [5.74, 6) is 3.71. The molecule has 4 heteroatoms. The first-order valence-corrected chi connectivity index (χ1v) is 6.49. The maximum atomic E-state index is 4.44. The molecular formula is C12H20N4. The SMILES string of the molecule is C[C@@H]1CNC[C@H]1c1nnc2n1CCCCC2. The van der Waals surface area contributed by atoms with Crippen LogP contribution >= 0.6 is 0 Å². The molecule has 3 rings (SSSR count). The van der Waals surface area contributed by atoms with Crippen molar-refractivity contribution in [2.45, 2.75) is 45.1 Å². The van der Waals surface area contributed by atoms with Crippen LogP contribution in [0.3, 0.4) is 0 Å². The topological polar surface area (TPSA) is 42.7 Å². The van der Waals surface area contributed by atoms with E-state index >= 15 is 0 Å². The van der Waals surface area contributed by atoms with Crippen molar-refractivity contribution < 1.29 is 0 Å². The Morgan fingerprint density at radius 3 is 2.94 bits per heavy atom. The Morgan fingerprint density at radius 1 is 1.19 bits per heavy atom. The highest BCUT2D eigenvalue weighted by atomic mass is 15.3. The maximum absolute atomic E-state index is 4.44. The minimum Gasteiger partial charge on any atom is -0.316 e. The highest BCUT2D eigenvalue weighted by molar-refractivity contribution is 5.08. The van der Waals surface area contributed by atoms with E-state index in [9.17, 15) is 0 Å². The van der Waals surface area contributed by atoms with Gasteiger partial charge in [0, 0.05) is 25.4 Å². The average molecular weight is 220 g/mol. The molecule has 2 atom stereocenters. The molecule has 1 aromatic heterocycles. The molecule has 2 aliphatic heterocycles. The van der Waals surface area contributed by atoms with Crippen molar-refractivity contribution in [1.82, 2.24) is 20.1 Å². The van der Waals surface area contributed by atoms with E-state index in [1.54, 1.807) is 0 Å². The fourth-order valence-corrected chi connectivity index (χ4v) is 2.94. The Kier molecular flexibility index (Phi) is 2.67. The van der Waals surface area contributed by atoms with E-state index in [0.29, 0.717) is 11.8 Å². The second kappa shape index (κ2) is 4.17. The lowest BCUT2D eigenvalue weighted by atomic mass is 9.97. The van der Waals surface area contributed by atoms with Gasteiger partial charge in [0.1, 0.15) is 11.6 Å². The minimum atomic E-state index is 0.569. The van der Waals surface area contributed by atoms with E-state index in [-0.39, 0.29) is 0 Å². The Morgan fingerprint density at radius 2 is 2.12 bits per heavy atom. The van der Waals surface area contributed by atoms with E-state index in [1.165, 1.54) is 30.9 Å². The molecule has 0 spiro atoms. The summed E-state index contributed by atoms with van der Waals surface area (Å²) in [5, 5.41) is 12.3. The van der Waals surface area contributed by atoms with Crippen LogP contribution in [-0.2, 0) is 13.0 Å². The Labute approximate surface area is 96.4 Å². The quantitative estimate of drug-likeness (QED) is 0.776. The van der Waals surface area contributed by atoms with Gasteiger partial charge in [-0.2, -0.15) is 0 Å². The van der Waals surface area contributed by atoms with Crippen LogP contribution in [0.4, 0.5) is 0 Å². The van der Waals surface area contributed by atoms with E-state index in [2.05, 4.69) is 27.0 Å². The molecule has 88 valence electrons. The maximum Gasteiger partial charge on any atom is 0.137 e. The summed E-state index contributed by atoms with van der Waals surface area (Å²) in [6.07, 6.45) is 5.01. The van der Waals surface area contributed by atoms with Crippen LogP contribution in [0.5, 0.6) is 0 Å². The molecule has 2 aliphatic rings. The van der Waals surface area contributed by atoms with Gasteiger partial charge in [0.05, 0.1) is 0 Å². The summed E-state index contributed by atoms with van der Waals surface area (Å²) in [6, 6.07) is 0. The number of aryl methyl sites for hydroxylation is 1. The second-order valence-electron chi connectivity index (χ2n) is 5.18. The fraction of sp³-hybridized carbons (Fsp3) is 0.833. The van der Waals surface area contributed by atoms with Crippen LogP contribution < -0.4 is 5.32 Å². The van der Waals surface area contributed by atoms with Crippen molar-refractivity contribution in [3.63, 3.8) is 0 Å². The molecule has 1 N–H and O–H groups in total. The van der Waals surface area contributed by atoms with Gasteiger partial charge in [-0.25, -0.2) is 0 Å². The molecule has 0 unspecified atom stereocenters. The third-order valence-electron chi connectivity index (χ3n) is 3.99. The fourth-order valence-electron chi connectivity index (χ4n) is 2.94. The molecule has 0 aliphatic carbocycles. The summed E-state index contributed by atoms with van der Waals surface area (Å²) in [4.78, 5) is 0. The van der Waals surface area contributed by atoms with Gasteiger partial charge in [0.15, 0.2) is 0 Å². The van der Waals surface area contributed by atoms with Crippen molar-refractivity contribution in [3.8, 4) is 0 Å². The van der Waals surface area contributed by atoms with Gasteiger partial charge in [-0.1, -0.05) is 13.3 Å². The van der Waals surface area contributed by atoms with Gasteiger partial charge in [-0.15, -0.1) is 10.2 Å². The van der Waals surface area contributed by atoms with Gasteiger partial charge in [-0.3, -0.25) is 0 Å². The molecule has 3 heterocycles. The van der Waals surface area contributed by atoms with Crippen LogP contribution in [0.1, 0.15) is 43.8 Å². The smallest absolute Gasteiger partial charge is 0.137 e. The average Bonchev–Trinajstić information content (AvgIpc) is 2.78. The lowest BCUT2D eigenvalue weighted by molar-refractivity contribution is 0.503. The van der Waals surface area contributed by atoms with Gasteiger partial charge in [0.2, 0.25) is 0 Å². The van der Waals surface area contributed by atoms with Gasteiger partial charge in [-0.05, 0) is 25.3 Å². The van der Waals surface area contributed by atoms with E-state index < -0.39 is 0 Å².